The number of nitrogens with zero attached hydrogens (tertiary/aromatic N) is 1. The van der Waals surface area contributed by atoms with Crippen molar-refractivity contribution in [1.29, 1.82) is 0 Å². The lowest BCUT2D eigenvalue weighted by atomic mass is 10.4. The van der Waals surface area contributed by atoms with Crippen molar-refractivity contribution in [2.45, 2.75) is 15.5 Å². The Morgan fingerprint density at radius 1 is 1.15 bits per heavy atom. The second-order valence-electron chi connectivity index (χ2n) is 5.41. The lowest BCUT2D eigenvalue weighted by Crippen LogP contribution is -2.41. The van der Waals surface area contributed by atoms with Crippen molar-refractivity contribution in [1.82, 2.24) is 15.4 Å². The van der Waals surface area contributed by atoms with Gasteiger partial charge < -0.3 is 10.6 Å². The topological polar surface area (TPSA) is 82.6 Å². The van der Waals surface area contributed by atoms with Crippen molar-refractivity contribution in [2.75, 3.05) is 32.4 Å². The molecule has 27 heavy (non-hydrogen) atoms. The minimum atomic E-state index is -3.43. The van der Waals surface area contributed by atoms with E-state index < -0.39 is 10.0 Å². The summed E-state index contributed by atoms with van der Waals surface area (Å²) in [4.78, 5) is 5.15. The van der Waals surface area contributed by atoms with Crippen LogP contribution in [0.4, 0.5) is 4.39 Å². The van der Waals surface area contributed by atoms with E-state index in [2.05, 4.69) is 20.3 Å². The summed E-state index contributed by atoms with van der Waals surface area (Å²) in [5.74, 6) is 1.29. The molecule has 0 spiro atoms. The molecule has 1 heterocycles. The Bertz CT molecular complexity index is 809. The van der Waals surface area contributed by atoms with Crippen molar-refractivity contribution in [3.8, 4) is 0 Å². The Morgan fingerprint density at radius 2 is 1.89 bits per heavy atom. The Hall–Kier alpha value is -1.62. The van der Waals surface area contributed by atoms with E-state index in [4.69, 9.17) is 0 Å². The summed E-state index contributed by atoms with van der Waals surface area (Å²) in [5.41, 5.74) is 0. The maximum Gasteiger partial charge on any atom is 0.250 e. The molecule has 0 radical (unpaired) electrons. The lowest BCUT2D eigenvalue weighted by Gasteiger charge is -2.12. The normalized spacial score (nSPS) is 12.1. The van der Waals surface area contributed by atoms with E-state index in [1.807, 2.05) is 0 Å². The third kappa shape index (κ3) is 7.87. The van der Waals surface area contributed by atoms with Crippen molar-refractivity contribution in [2.24, 2.45) is 4.99 Å². The highest BCUT2D eigenvalue weighted by Crippen LogP contribution is 2.18. The van der Waals surface area contributed by atoms with Crippen LogP contribution in [-0.2, 0) is 10.0 Å². The molecule has 0 fully saturated rings. The van der Waals surface area contributed by atoms with Crippen molar-refractivity contribution in [3.63, 3.8) is 0 Å². The van der Waals surface area contributed by atoms with Gasteiger partial charge in [0.2, 0.25) is 10.0 Å². The fraction of sp³-hybridized carbons (Fsp3) is 0.353. The molecule has 1 aromatic heterocycles. The number of benzene rings is 1. The van der Waals surface area contributed by atoms with Gasteiger partial charge in [0.1, 0.15) is 10.0 Å². The van der Waals surface area contributed by atoms with Gasteiger partial charge in [-0.05, 0) is 47.9 Å². The summed E-state index contributed by atoms with van der Waals surface area (Å²) >= 11 is 2.85. The highest BCUT2D eigenvalue weighted by Gasteiger charge is 2.13. The van der Waals surface area contributed by atoms with Gasteiger partial charge in [0, 0.05) is 31.6 Å². The molecule has 3 N–H and O–H groups in total. The predicted molar refractivity (Wildman–Crippen MR) is 111 cm³/mol. The lowest BCUT2D eigenvalue weighted by molar-refractivity contribution is 0.582. The van der Waals surface area contributed by atoms with Crippen LogP contribution in [0.5, 0.6) is 0 Å². The smallest absolute Gasteiger partial charge is 0.250 e. The van der Waals surface area contributed by atoms with Gasteiger partial charge in [-0.15, -0.1) is 23.1 Å². The monoisotopic (exact) mass is 430 g/mol. The molecule has 10 heteroatoms. The number of thioether (sulfide) groups is 1. The van der Waals surface area contributed by atoms with Gasteiger partial charge in [0.05, 0.1) is 0 Å². The molecular formula is C17H23FN4O2S3. The molecule has 0 aliphatic rings. The molecule has 2 rings (SSSR count). The Balaban J connectivity index is 1.58. The third-order valence-corrected chi connectivity index (χ3v) is 7.35. The molecule has 0 saturated heterocycles. The van der Waals surface area contributed by atoms with Crippen LogP contribution in [0.1, 0.15) is 6.42 Å². The van der Waals surface area contributed by atoms with Crippen LogP contribution >= 0.6 is 23.1 Å². The molecule has 1 aromatic carbocycles. The first-order valence-electron chi connectivity index (χ1n) is 8.37. The summed E-state index contributed by atoms with van der Waals surface area (Å²) in [5, 5.41) is 7.98. The molecule has 0 aliphatic carbocycles. The summed E-state index contributed by atoms with van der Waals surface area (Å²) in [7, 11) is -1.77. The Labute approximate surface area is 167 Å². The van der Waals surface area contributed by atoms with Crippen LogP contribution in [0.2, 0.25) is 0 Å². The van der Waals surface area contributed by atoms with E-state index >= 15 is 0 Å². The first kappa shape index (κ1) is 21.7. The van der Waals surface area contributed by atoms with Crippen molar-refractivity contribution >= 4 is 39.1 Å². The summed E-state index contributed by atoms with van der Waals surface area (Å²) in [6.07, 6.45) is 0.910. The molecule has 6 nitrogen and oxygen atoms in total. The number of aliphatic imine (C=N–C) groups is 1. The molecule has 0 bridgehead atoms. The van der Waals surface area contributed by atoms with Crippen LogP contribution in [0.15, 0.2) is 55.9 Å². The zero-order chi connectivity index (χ0) is 19.5. The number of rotatable bonds is 10. The van der Waals surface area contributed by atoms with Crippen LogP contribution in [0, 0.1) is 5.82 Å². The standard InChI is InChI=1S/C17H23FN4O2S3/c1-19-17(20-9-3-13-25-15-7-5-14(18)6-8-15)21-10-11-22-27(23,24)16-4-2-12-26-16/h2,4-8,12,22H,3,9-11,13H2,1H3,(H2,19,20,21). The highest BCUT2D eigenvalue weighted by molar-refractivity contribution is 7.99. The molecule has 148 valence electrons. The summed E-state index contributed by atoms with van der Waals surface area (Å²) in [6.45, 7) is 1.42. The van der Waals surface area contributed by atoms with E-state index in [1.165, 1.54) is 23.5 Å². The van der Waals surface area contributed by atoms with Crippen LogP contribution in [0.25, 0.3) is 0 Å². The van der Waals surface area contributed by atoms with Gasteiger partial charge in [0.25, 0.3) is 0 Å². The molecule has 0 atom stereocenters. The van der Waals surface area contributed by atoms with Gasteiger partial charge in [-0.25, -0.2) is 17.5 Å². The number of thiophene rings is 1. The van der Waals surface area contributed by atoms with E-state index in [9.17, 15) is 12.8 Å². The average molecular weight is 431 g/mol. The number of halogens is 1. The highest BCUT2D eigenvalue weighted by atomic mass is 32.2. The van der Waals surface area contributed by atoms with Crippen molar-refractivity contribution in [3.05, 3.63) is 47.6 Å². The van der Waals surface area contributed by atoms with Crippen LogP contribution in [0.3, 0.4) is 0 Å². The van der Waals surface area contributed by atoms with Crippen LogP contribution in [-0.4, -0.2) is 46.8 Å². The third-order valence-electron chi connectivity index (χ3n) is 3.39. The number of nitrogens with one attached hydrogen (secondary N) is 3. The molecule has 2 aromatic rings. The van der Waals surface area contributed by atoms with E-state index in [1.54, 1.807) is 48.5 Å². The maximum absolute atomic E-state index is 12.8. The number of guanidine groups is 1. The van der Waals surface area contributed by atoms with Gasteiger partial charge in [-0.3, -0.25) is 4.99 Å². The van der Waals surface area contributed by atoms with E-state index in [0.717, 1.165) is 23.6 Å². The molecule has 0 amide bonds. The maximum atomic E-state index is 12.8. The number of hydrogen-bond acceptors (Lipinski definition) is 5. The largest absolute Gasteiger partial charge is 0.356 e. The second kappa shape index (κ2) is 11.3. The molecule has 0 unspecified atom stereocenters. The minimum absolute atomic E-state index is 0.228. The minimum Gasteiger partial charge on any atom is -0.356 e. The zero-order valence-electron chi connectivity index (χ0n) is 14.9. The SMILES string of the molecule is CN=C(NCCCSc1ccc(F)cc1)NCCNS(=O)(=O)c1cccs1. The molecular weight excluding hydrogens is 407 g/mol. The summed E-state index contributed by atoms with van der Waals surface area (Å²) in [6, 6.07) is 9.73. The molecule has 0 aliphatic heterocycles. The number of sulfonamides is 1. The fourth-order valence-electron chi connectivity index (χ4n) is 2.07. The summed E-state index contributed by atoms with van der Waals surface area (Å²) < 4.78 is 39.7. The number of hydrogen-bond donors (Lipinski definition) is 3. The Kier molecular flexibility index (Phi) is 9.05. The van der Waals surface area contributed by atoms with E-state index in [0.29, 0.717) is 16.7 Å². The molecule has 0 saturated carbocycles. The first-order chi connectivity index (χ1) is 13.0. The van der Waals surface area contributed by atoms with Crippen molar-refractivity contribution < 1.29 is 12.8 Å². The second-order valence-corrected chi connectivity index (χ2v) is 9.52. The predicted octanol–water partition coefficient (Wildman–Crippen LogP) is 2.51. The first-order valence-corrected chi connectivity index (χ1v) is 11.7. The van der Waals surface area contributed by atoms with Gasteiger partial charge in [-0.2, -0.15) is 0 Å². The van der Waals surface area contributed by atoms with Gasteiger partial charge in [0.15, 0.2) is 5.96 Å². The zero-order valence-corrected chi connectivity index (χ0v) is 17.4. The van der Waals surface area contributed by atoms with Crippen LogP contribution < -0.4 is 15.4 Å². The fourth-order valence-corrected chi connectivity index (χ4v) is 5.00. The average Bonchev–Trinajstić information content (AvgIpc) is 3.20. The van der Waals surface area contributed by atoms with Gasteiger partial charge >= 0.3 is 0 Å². The Morgan fingerprint density at radius 3 is 2.56 bits per heavy atom. The quantitative estimate of drug-likeness (QED) is 0.234. The van der Waals surface area contributed by atoms with E-state index in [-0.39, 0.29) is 12.4 Å². The van der Waals surface area contributed by atoms with Gasteiger partial charge in [-0.1, -0.05) is 6.07 Å².